The first kappa shape index (κ1) is 15.8. The molecule has 1 fully saturated rings. The SMILES string of the molecule is CCC(C)(C)c1ccc(OC2CCC(N)(C(=O)O)C2)cc1. The van der Waals surface area contributed by atoms with Gasteiger partial charge in [-0.05, 0) is 42.4 Å². The number of carboxylic acid groups (broad SMARTS) is 1. The summed E-state index contributed by atoms with van der Waals surface area (Å²) in [6.45, 7) is 6.61. The van der Waals surface area contributed by atoms with Gasteiger partial charge in [-0.2, -0.15) is 0 Å². The average molecular weight is 291 g/mol. The quantitative estimate of drug-likeness (QED) is 0.874. The van der Waals surface area contributed by atoms with E-state index in [9.17, 15) is 4.79 Å². The Labute approximate surface area is 126 Å². The fraction of sp³-hybridized carbons (Fsp3) is 0.588. The van der Waals surface area contributed by atoms with Crippen LogP contribution >= 0.6 is 0 Å². The highest BCUT2D eigenvalue weighted by Crippen LogP contribution is 2.32. The molecule has 2 rings (SSSR count). The van der Waals surface area contributed by atoms with E-state index in [1.165, 1.54) is 5.56 Å². The molecule has 1 saturated carbocycles. The number of carboxylic acids is 1. The van der Waals surface area contributed by atoms with Crippen LogP contribution in [0.2, 0.25) is 0 Å². The maximum absolute atomic E-state index is 11.1. The zero-order chi connectivity index (χ0) is 15.7. The summed E-state index contributed by atoms with van der Waals surface area (Å²) >= 11 is 0. The van der Waals surface area contributed by atoms with Gasteiger partial charge in [-0.25, -0.2) is 0 Å². The number of nitrogens with two attached hydrogens (primary N) is 1. The first-order valence-corrected chi connectivity index (χ1v) is 7.56. The monoisotopic (exact) mass is 291 g/mol. The third-order valence-electron chi connectivity index (χ3n) is 4.75. The van der Waals surface area contributed by atoms with Crippen molar-refractivity contribution in [2.45, 2.75) is 63.5 Å². The van der Waals surface area contributed by atoms with E-state index in [-0.39, 0.29) is 11.5 Å². The molecule has 0 aromatic heterocycles. The van der Waals surface area contributed by atoms with Gasteiger partial charge < -0.3 is 15.6 Å². The van der Waals surface area contributed by atoms with Gasteiger partial charge in [0.15, 0.2) is 0 Å². The minimum atomic E-state index is -1.13. The van der Waals surface area contributed by atoms with E-state index in [0.29, 0.717) is 19.3 Å². The Morgan fingerprint density at radius 1 is 1.43 bits per heavy atom. The summed E-state index contributed by atoms with van der Waals surface area (Å²) in [6, 6.07) is 8.09. The Hall–Kier alpha value is -1.55. The fourth-order valence-electron chi connectivity index (χ4n) is 2.71. The molecule has 1 aromatic rings. The second-order valence-corrected chi connectivity index (χ2v) is 6.71. The van der Waals surface area contributed by atoms with E-state index < -0.39 is 11.5 Å². The summed E-state index contributed by atoms with van der Waals surface area (Å²) in [5.41, 5.74) is 6.17. The number of ether oxygens (including phenoxy) is 1. The van der Waals surface area contributed by atoms with Crippen LogP contribution in [0.15, 0.2) is 24.3 Å². The lowest BCUT2D eigenvalue weighted by Gasteiger charge is -2.24. The average Bonchev–Trinajstić information content (AvgIpc) is 2.82. The van der Waals surface area contributed by atoms with Crippen molar-refractivity contribution < 1.29 is 14.6 Å². The van der Waals surface area contributed by atoms with Crippen molar-refractivity contribution >= 4 is 5.97 Å². The van der Waals surface area contributed by atoms with Gasteiger partial charge in [-0.1, -0.05) is 32.9 Å². The number of hydrogen-bond acceptors (Lipinski definition) is 3. The van der Waals surface area contributed by atoms with Crippen molar-refractivity contribution in [1.82, 2.24) is 0 Å². The van der Waals surface area contributed by atoms with Crippen LogP contribution in [0.25, 0.3) is 0 Å². The van der Waals surface area contributed by atoms with Gasteiger partial charge in [0.1, 0.15) is 17.4 Å². The fourth-order valence-corrected chi connectivity index (χ4v) is 2.71. The Kier molecular flexibility index (Phi) is 4.28. The van der Waals surface area contributed by atoms with Crippen LogP contribution in [0.3, 0.4) is 0 Å². The van der Waals surface area contributed by atoms with Gasteiger partial charge in [0.05, 0.1) is 0 Å². The zero-order valence-corrected chi connectivity index (χ0v) is 13.1. The minimum absolute atomic E-state index is 0.115. The van der Waals surface area contributed by atoms with Gasteiger partial charge >= 0.3 is 5.97 Å². The molecular formula is C17H25NO3. The molecule has 1 aliphatic carbocycles. The van der Waals surface area contributed by atoms with Crippen molar-refractivity contribution in [3.05, 3.63) is 29.8 Å². The Morgan fingerprint density at radius 3 is 2.52 bits per heavy atom. The maximum Gasteiger partial charge on any atom is 0.323 e. The molecule has 0 radical (unpaired) electrons. The molecule has 3 N–H and O–H groups in total. The third-order valence-corrected chi connectivity index (χ3v) is 4.75. The molecule has 2 unspecified atom stereocenters. The maximum atomic E-state index is 11.1. The second kappa shape index (κ2) is 5.68. The number of rotatable bonds is 5. The van der Waals surface area contributed by atoms with Crippen molar-refractivity contribution in [3.8, 4) is 5.75 Å². The number of hydrogen-bond donors (Lipinski definition) is 2. The predicted octanol–water partition coefficient (Wildman–Crippen LogP) is 3.09. The standard InChI is InChI=1S/C17H25NO3/c1-4-16(2,3)12-5-7-13(8-6-12)21-14-9-10-17(18,11-14)15(19)20/h5-8,14H,4,9-11,18H2,1-3H3,(H,19,20). The van der Waals surface area contributed by atoms with Gasteiger partial charge in [0.25, 0.3) is 0 Å². The third kappa shape index (κ3) is 3.38. The second-order valence-electron chi connectivity index (χ2n) is 6.71. The number of aliphatic carboxylic acids is 1. The zero-order valence-electron chi connectivity index (χ0n) is 13.1. The van der Waals surface area contributed by atoms with Crippen LogP contribution < -0.4 is 10.5 Å². The first-order chi connectivity index (χ1) is 9.77. The van der Waals surface area contributed by atoms with E-state index in [2.05, 4.69) is 32.9 Å². The van der Waals surface area contributed by atoms with Crippen molar-refractivity contribution in [2.75, 3.05) is 0 Å². The molecule has 4 heteroatoms. The summed E-state index contributed by atoms with van der Waals surface area (Å²) in [5, 5.41) is 9.13. The summed E-state index contributed by atoms with van der Waals surface area (Å²) in [7, 11) is 0. The highest BCUT2D eigenvalue weighted by molar-refractivity contribution is 5.79. The molecular weight excluding hydrogens is 266 g/mol. The summed E-state index contributed by atoms with van der Waals surface area (Å²) in [5.74, 6) is -0.154. The predicted molar refractivity (Wildman–Crippen MR) is 82.6 cm³/mol. The van der Waals surface area contributed by atoms with Crippen LogP contribution in [0.4, 0.5) is 0 Å². The van der Waals surface area contributed by atoms with Crippen LogP contribution in [0.5, 0.6) is 5.75 Å². The number of carbonyl (C=O) groups is 1. The van der Waals surface area contributed by atoms with Gasteiger partial charge in [0, 0.05) is 6.42 Å². The normalized spacial score (nSPS) is 25.8. The largest absolute Gasteiger partial charge is 0.490 e. The highest BCUT2D eigenvalue weighted by atomic mass is 16.5. The van der Waals surface area contributed by atoms with Gasteiger partial charge in [-0.15, -0.1) is 0 Å². The van der Waals surface area contributed by atoms with Crippen LogP contribution in [-0.4, -0.2) is 22.7 Å². The van der Waals surface area contributed by atoms with Gasteiger partial charge in [-0.3, -0.25) is 4.79 Å². The molecule has 0 aliphatic heterocycles. The Morgan fingerprint density at radius 2 is 2.05 bits per heavy atom. The summed E-state index contributed by atoms with van der Waals surface area (Å²) in [4.78, 5) is 11.1. The van der Waals surface area contributed by atoms with Crippen LogP contribution in [0.1, 0.15) is 52.0 Å². The molecule has 0 spiro atoms. The molecule has 0 heterocycles. The molecule has 21 heavy (non-hydrogen) atoms. The molecule has 2 atom stereocenters. The molecule has 0 saturated heterocycles. The molecule has 0 amide bonds. The topological polar surface area (TPSA) is 72.5 Å². The Balaban J connectivity index is 2.01. The Bertz CT molecular complexity index is 509. The molecule has 116 valence electrons. The lowest BCUT2D eigenvalue weighted by atomic mass is 9.82. The molecule has 1 aliphatic rings. The minimum Gasteiger partial charge on any atom is -0.490 e. The summed E-state index contributed by atoms with van der Waals surface area (Å²) in [6.07, 6.45) is 2.48. The smallest absolute Gasteiger partial charge is 0.323 e. The molecule has 0 bridgehead atoms. The summed E-state index contributed by atoms with van der Waals surface area (Å²) < 4.78 is 5.88. The van der Waals surface area contributed by atoms with E-state index in [0.717, 1.165) is 12.2 Å². The first-order valence-electron chi connectivity index (χ1n) is 7.56. The van der Waals surface area contributed by atoms with Crippen molar-refractivity contribution in [1.29, 1.82) is 0 Å². The lowest BCUT2D eigenvalue weighted by molar-refractivity contribution is -0.143. The van der Waals surface area contributed by atoms with E-state index in [1.807, 2.05) is 12.1 Å². The number of benzene rings is 1. The van der Waals surface area contributed by atoms with E-state index in [4.69, 9.17) is 15.6 Å². The van der Waals surface area contributed by atoms with Crippen molar-refractivity contribution in [2.24, 2.45) is 5.73 Å². The van der Waals surface area contributed by atoms with Crippen molar-refractivity contribution in [3.63, 3.8) is 0 Å². The van der Waals surface area contributed by atoms with E-state index >= 15 is 0 Å². The molecule has 1 aromatic carbocycles. The van der Waals surface area contributed by atoms with Crippen LogP contribution in [0, 0.1) is 0 Å². The van der Waals surface area contributed by atoms with E-state index in [1.54, 1.807) is 0 Å². The lowest BCUT2D eigenvalue weighted by Crippen LogP contribution is -2.46. The van der Waals surface area contributed by atoms with Gasteiger partial charge in [0.2, 0.25) is 0 Å². The highest BCUT2D eigenvalue weighted by Gasteiger charge is 2.43. The molecule has 4 nitrogen and oxygen atoms in total. The van der Waals surface area contributed by atoms with Crippen LogP contribution in [-0.2, 0) is 10.2 Å².